The molecule has 0 atom stereocenters. The number of hydrogen-bond donors (Lipinski definition) is 2. The van der Waals surface area contributed by atoms with E-state index < -0.39 is 6.64 Å². The van der Waals surface area contributed by atoms with Gasteiger partial charge in [0.2, 0.25) is 0 Å². The van der Waals surface area contributed by atoms with Gasteiger partial charge in [-0.1, -0.05) is 36.2 Å². The molecule has 0 spiro atoms. The number of thioether (sulfide) groups is 1. The lowest BCUT2D eigenvalue weighted by Gasteiger charge is -2.07. The van der Waals surface area contributed by atoms with Crippen LogP contribution in [0.25, 0.3) is 0 Å². The minimum Gasteiger partial charge on any atom is -0.328 e. The van der Waals surface area contributed by atoms with Crippen molar-refractivity contribution in [2.45, 2.75) is 19.1 Å². The van der Waals surface area contributed by atoms with Crippen molar-refractivity contribution in [2.24, 2.45) is 4.76 Å². The van der Waals surface area contributed by atoms with Crippen LogP contribution in [-0.2, 0) is 17.6 Å². The monoisotopic (exact) mass is 343 g/mol. The number of benzene rings is 1. The van der Waals surface area contributed by atoms with Gasteiger partial charge < -0.3 is 9.79 Å². The molecule has 0 heterocycles. The van der Waals surface area contributed by atoms with Crippen LogP contribution in [0.1, 0.15) is 18.9 Å². The van der Waals surface area contributed by atoms with Crippen molar-refractivity contribution >= 4 is 58.5 Å². The Morgan fingerprint density at radius 1 is 1.39 bits per heavy atom. The molecule has 0 amide bonds. The molecular weight excluding hydrogens is 332 g/mol. The Morgan fingerprint density at radius 3 is 2.56 bits per heavy atom. The van der Waals surface area contributed by atoms with E-state index in [9.17, 15) is 0 Å². The Balaban J connectivity index is 2.71. The summed E-state index contributed by atoms with van der Waals surface area (Å²) in [6.45, 7) is -1.64. The Hall–Kier alpha value is 0.390. The summed E-state index contributed by atoms with van der Waals surface area (Å²) in [6.07, 6.45) is 0.603. The highest BCUT2D eigenvalue weighted by atomic mass is 35.5. The summed E-state index contributed by atoms with van der Waals surface area (Å²) in [7, 11) is 0. The lowest BCUT2D eigenvalue weighted by atomic mass is 10.2. The summed E-state index contributed by atoms with van der Waals surface area (Å²) in [4.78, 5) is 18.3. The third-order valence-corrected chi connectivity index (χ3v) is 4.75. The molecule has 8 heteroatoms. The van der Waals surface area contributed by atoms with E-state index in [4.69, 9.17) is 33.0 Å². The van der Waals surface area contributed by atoms with Crippen LogP contribution in [0.15, 0.2) is 23.0 Å². The van der Waals surface area contributed by atoms with Crippen LogP contribution in [0.5, 0.6) is 0 Å². The predicted molar refractivity (Wildman–Crippen MR) is 84.2 cm³/mol. The van der Waals surface area contributed by atoms with Gasteiger partial charge in [0.25, 0.3) is 0 Å². The maximum absolute atomic E-state index is 9.14. The lowest BCUT2D eigenvalue weighted by molar-refractivity contribution is 0.481. The molecule has 0 unspecified atom stereocenters. The highest BCUT2D eigenvalue weighted by Gasteiger charge is 2.08. The highest BCUT2D eigenvalue weighted by molar-refractivity contribution is 8.14. The molecule has 0 fully saturated rings. The average Bonchev–Trinajstić information content (AvgIpc) is 2.27. The first-order chi connectivity index (χ1) is 8.31. The second-order valence-corrected chi connectivity index (χ2v) is 7.96. The van der Waals surface area contributed by atoms with Gasteiger partial charge in [0.1, 0.15) is 0 Å². The predicted octanol–water partition coefficient (Wildman–Crippen LogP) is 4.24. The molecule has 0 bridgehead atoms. The molecule has 1 aromatic carbocycles. The Bertz CT molecular complexity index is 505. The maximum Gasteiger partial charge on any atom is 0.304 e. The van der Waals surface area contributed by atoms with E-state index in [1.54, 1.807) is 12.1 Å². The van der Waals surface area contributed by atoms with E-state index in [1.807, 2.05) is 13.0 Å². The fourth-order valence-corrected chi connectivity index (χ4v) is 3.64. The zero-order chi connectivity index (χ0) is 13.8. The van der Waals surface area contributed by atoms with Crippen molar-refractivity contribution in [2.75, 3.05) is 0 Å². The molecule has 3 nitrogen and oxygen atoms in total. The third kappa shape index (κ3) is 6.02. The van der Waals surface area contributed by atoms with Crippen molar-refractivity contribution in [1.82, 2.24) is 0 Å². The van der Waals surface area contributed by atoms with Crippen molar-refractivity contribution in [3.05, 3.63) is 33.8 Å². The molecule has 2 N–H and O–H groups in total. The van der Waals surface area contributed by atoms with Crippen molar-refractivity contribution in [1.29, 1.82) is 0 Å². The van der Waals surface area contributed by atoms with Crippen LogP contribution in [0.4, 0.5) is 0 Å². The van der Waals surface area contributed by atoms with E-state index in [1.165, 1.54) is 11.8 Å². The number of nitrogens with zero attached hydrogens (tertiary/aromatic N) is 1. The molecule has 0 aliphatic rings. The van der Waals surface area contributed by atoms with E-state index in [-0.39, 0.29) is 0 Å². The van der Waals surface area contributed by atoms with Crippen molar-refractivity contribution < 1.29 is 9.79 Å². The average molecular weight is 344 g/mol. The zero-order valence-electron chi connectivity index (χ0n) is 9.51. The summed E-state index contributed by atoms with van der Waals surface area (Å²) >= 11 is 17.6. The second kappa shape index (κ2) is 7.25. The first kappa shape index (κ1) is 16.4. The first-order valence-electron chi connectivity index (χ1n) is 5.03. The molecule has 1 rings (SSSR count). The first-order valence-corrected chi connectivity index (χ1v) is 9.43. The number of halogens is 2. The molecule has 0 aliphatic heterocycles. The molecular formula is C10H12Cl2NO2PS2. The van der Waals surface area contributed by atoms with Gasteiger partial charge in [-0.2, -0.15) is 0 Å². The van der Waals surface area contributed by atoms with Gasteiger partial charge in [-0.25, -0.2) is 4.76 Å². The second-order valence-electron chi connectivity index (χ2n) is 3.40. The number of rotatable bonds is 4. The van der Waals surface area contributed by atoms with Crippen LogP contribution in [-0.4, -0.2) is 14.8 Å². The van der Waals surface area contributed by atoms with Gasteiger partial charge in [0.05, 0.1) is 15.1 Å². The highest BCUT2D eigenvalue weighted by Crippen LogP contribution is 2.39. The molecule has 0 aromatic heterocycles. The van der Waals surface area contributed by atoms with Crippen molar-refractivity contribution in [3.8, 4) is 0 Å². The van der Waals surface area contributed by atoms with E-state index in [0.29, 0.717) is 27.3 Å². The van der Waals surface area contributed by atoms with E-state index in [0.717, 1.165) is 5.56 Å². The lowest BCUT2D eigenvalue weighted by Crippen LogP contribution is -1.92. The molecule has 0 saturated heterocycles. The minimum absolute atomic E-state index is 0.499. The smallest absolute Gasteiger partial charge is 0.304 e. The van der Waals surface area contributed by atoms with Gasteiger partial charge in [-0.3, -0.25) is 0 Å². The van der Waals surface area contributed by atoms with Gasteiger partial charge >= 0.3 is 6.64 Å². The Morgan fingerprint density at radius 2 is 2.06 bits per heavy atom. The molecule has 0 aliphatic carbocycles. The Kier molecular flexibility index (Phi) is 6.62. The topological polar surface area (TPSA) is 52.8 Å². The minimum atomic E-state index is -3.52. The van der Waals surface area contributed by atoms with Gasteiger partial charge in [-0.15, -0.1) is 11.8 Å². The summed E-state index contributed by atoms with van der Waals surface area (Å²) in [5.41, 5.74) is 0.986. The van der Waals surface area contributed by atoms with Crippen LogP contribution in [0.3, 0.4) is 0 Å². The maximum atomic E-state index is 9.14. The van der Waals surface area contributed by atoms with Gasteiger partial charge in [0, 0.05) is 5.75 Å². The summed E-state index contributed by atoms with van der Waals surface area (Å²) < 4.78 is 3.74. The summed E-state index contributed by atoms with van der Waals surface area (Å²) in [5, 5.41) is 1.63. The molecule has 1 aromatic rings. The quantitative estimate of drug-likeness (QED) is 0.487. The van der Waals surface area contributed by atoms with E-state index in [2.05, 4.69) is 16.6 Å². The normalized spacial score (nSPS) is 12.8. The standard InChI is InChI=1S/C10H12Cl2NO2PS2/c1-2-10(13-16(14,15)17)18-6-7-3-4-8(11)9(12)5-7/h3-5H,2,6H2,1H3,(H2,14,15,17). The fourth-order valence-electron chi connectivity index (χ4n) is 1.14. The van der Waals surface area contributed by atoms with Crippen LogP contribution < -0.4 is 0 Å². The Labute approximate surface area is 125 Å². The van der Waals surface area contributed by atoms with E-state index >= 15 is 0 Å². The third-order valence-electron chi connectivity index (χ3n) is 1.93. The molecule has 0 saturated carbocycles. The van der Waals surface area contributed by atoms with Gasteiger partial charge in [0.15, 0.2) is 0 Å². The largest absolute Gasteiger partial charge is 0.328 e. The molecule has 0 radical (unpaired) electrons. The van der Waals surface area contributed by atoms with Crippen molar-refractivity contribution in [3.63, 3.8) is 0 Å². The van der Waals surface area contributed by atoms with Crippen LogP contribution in [0, 0.1) is 0 Å². The zero-order valence-corrected chi connectivity index (χ0v) is 13.5. The molecule has 100 valence electrons. The van der Waals surface area contributed by atoms with Crippen LogP contribution >= 0.6 is 41.6 Å². The molecule has 18 heavy (non-hydrogen) atoms. The van der Waals surface area contributed by atoms with Crippen LogP contribution in [0.2, 0.25) is 10.0 Å². The summed E-state index contributed by atoms with van der Waals surface area (Å²) in [5.74, 6) is 0.624. The summed E-state index contributed by atoms with van der Waals surface area (Å²) in [6, 6.07) is 5.37. The fraction of sp³-hybridized carbons (Fsp3) is 0.300. The number of hydrogen-bond acceptors (Lipinski definition) is 2. The van der Waals surface area contributed by atoms with Gasteiger partial charge in [-0.05, 0) is 35.9 Å². The SMILES string of the molecule is CCC(=NP(O)(O)=S)SCc1ccc(Cl)c(Cl)c1.